The van der Waals surface area contributed by atoms with E-state index in [2.05, 4.69) is 19.1 Å². The molecule has 1 aliphatic rings. The van der Waals surface area contributed by atoms with Crippen molar-refractivity contribution < 1.29 is 9.53 Å². The van der Waals surface area contributed by atoms with Gasteiger partial charge < -0.3 is 4.74 Å². The average Bonchev–Trinajstić information content (AvgIpc) is 3.07. The Balaban J connectivity index is 1.81. The smallest absolute Gasteiger partial charge is 0.348 e. The minimum Gasteiger partial charge on any atom is -0.462 e. The quantitative estimate of drug-likeness (QED) is 0.558. The van der Waals surface area contributed by atoms with Gasteiger partial charge in [0.15, 0.2) is 0 Å². The van der Waals surface area contributed by atoms with E-state index in [0.717, 1.165) is 31.9 Å². The summed E-state index contributed by atoms with van der Waals surface area (Å²) in [5, 5.41) is 1.35. The van der Waals surface area contributed by atoms with Gasteiger partial charge in [-0.15, -0.1) is 23.1 Å². The lowest BCUT2D eigenvalue weighted by Crippen LogP contribution is -2.17. The molecule has 5 heteroatoms. The summed E-state index contributed by atoms with van der Waals surface area (Å²) in [7, 11) is 0. The van der Waals surface area contributed by atoms with Crippen LogP contribution < -0.4 is 0 Å². The van der Waals surface area contributed by atoms with Crippen molar-refractivity contribution in [2.24, 2.45) is 4.99 Å². The number of rotatable bonds is 3. The van der Waals surface area contributed by atoms with Gasteiger partial charge in [-0.05, 0) is 37.6 Å². The van der Waals surface area contributed by atoms with E-state index in [-0.39, 0.29) is 11.2 Å². The molecule has 0 saturated heterocycles. The van der Waals surface area contributed by atoms with Gasteiger partial charge in [0.2, 0.25) is 0 Å². The molecule has 0 bridgehead atoms. The first-order valence-electron chi connectivity index (χ1n) is 8.21. The molecule has 1 atom stereocenters. The van der Waals surface area contributed by atoms with Crippen molar-refractivity contribution in [2.75, 3.05) is 6.61 Å². The summed E-state index contributed by atoms with van der Waals surface area (Å²) in [4.78, 5) is 18.8. The second kappa shape index (κ2) is 6.65. The number of thioether (sulfide) groups is 1. The fraction of sp³-hybridized carbons (Fsp3) is 0.200. The largest absolute Gasteiger partial charge is 0.462 e. The van der Waals surface area contributed by atoms with E-state index in [9.17, 15) is 4.79 Å². The molecule has 0 radical (unpaired) electrons. The zero-order valence-electron chi connectivity index (χ0n) is 14.0. The van der Waals surface area contributed by atoms with Crippen LogP contribution in [0.5, 0.6) is 0 Å². The minimum absolute atomic E-state index is 0.250. The van der Waals surface area contributed by atoms with Crippen molar-refractivity contribution >= 4 is 50.6 Å². The summed E-state index contributed by atoms with van der Waals surface area (Å²) in [6, 6.07) is 16.3. The fourth-order valence-corrected chi connectivity index (χ4v) is 5.16. The third-order valence-electron chi connectivity index (χ3n) is 4.10. The molecule has 3 aromatic rings. The highest BCUT2D eigenvalue weighted by atomic mass is 32.2. The number of nitrogens with zero attached hydrogens (tertiary/aromatic N) is 1. The number of carbonyl (C=O) groups excluding carboxylic acids is 1. The van der Waals surface area contributed by atoms with E-state index >= 15 is 0 Å². The van der Waals surface area contributed by atoms with Crippen LogP contribution in [0, 0.1) is 0 Å². The summed E-state index contributed by atoms with van der Waals surface area (Å²) < 4.78 is 6.23. The van der Waals surface area contributed by atoms with Crippen LogP contribution in [-0.2, 0) is 4.74 Å². The van der Waals surface area contributed by atoms with Crippen molar-refractivity contribution in [2.45, 2.75) is 24.0 Å². The highest BCUT2D eigenvalue weighted by Gasteiger charge is 2.24. The van der Waals surface area contributed by atoms with Gasteiger partial charge in [-0.1, -0.05) is 30.3 Å². The van der Waals surface area contributed by atoms with Gasteiger partial charge in [0.25, 0.3) is 0 Å². The van der Waals surface area contributed by atoms with Gasteiger partial charge >= 0.3 is 5.97 Å². The summed E-state index contributed by atoms with van der Waals surface area (Å²) in [5.74, 6) is -0.250. The number of benzene rings is 2. The third-order valence-corrected chi connectivity index (χ3v) is 6.42. The molecule has 0 N–H and O–H groups in total. The van der Waals surface area contributed by atoms with Crippen LogP contribution in [0.2, 0.25) is 0 Å². The number of hydrogen-bond donors (Lipinski definition) is 0. The van der Waals surface area contributed by atoms with Gasteiger partial charge in [-0.3, -0.25) is 4.99 Å². The summed E-state index contributed by atoms with van der Waals surface area (Å²) in [6.45, 7) is 4.39. The standard InChI is InChI=1S/C20H17NO2S2/c1-3-23-20(22)17-11-14-16(25-17)10-9-15-19(14)24-12(2)18(21-15)13-7-5-4-6-8-13/h4-12H,3H2,1-2H3. The second-order valence-electron chi connectivity index (χ2n) is 5.78. The zero-order valence-corrected chi connectivity index (χ0v) is 15.6. The number of aliphatic imine (C=N–C) groups is 1. The molecule has 25 heavy (non-hydrogen) atoms. The van der Waals surface area contributed by atoms with Gasteiger partial charge in [0.05, 0.1) is 18.0 Å². The molecule has 1 aliphatic heterocycles. The molecule has 4 rings (SSSR count). The highest BCUT2D eigenvalue weighted by Crippen LogP contribution is 2.45. The Bertz CT molecular complexity index is 976. The van der Waals surface area contributed by atoms with E-state index in [1.165, 1.54) is 11.3 Å². The van der Waals surface area contributed by atoms with Crippen LogP contribution in [0.3, 0.4) is 0 Å². The lowest BCUT2D eigenvalue weighted by Gasteiger charge is -2.22. The fourth-order valence-electron chi connectivity index (χ4n) is 2.95. The predicted molar refractivity (Wildman–Crippen MR) is 106 cm³/mol. The molecule has 0 spiro atoms. The molecule has 0 saturated carbocycles. The van der Waals surface area contributed by atoms with Crippen LogP contribution in [0.4, 0.5) is 5.69 Å². The molecule has 1 aromatic heterocycles. The van der Waals surface area contributed by atoms with Gasteiger partial charge in [0, 0.05) is 20.2 Å². The Hall–Kier alpha value is -2.11. The molecule has 0 aliphatic carbocycles. The monoisotopic (exact) mass is 367 g/mol. The molecular weight excluding hydrogens is 350 g/mol. The Kier molecular flexibility index (Phi) is 4.36. The van der Waals surface area contributed by atoms with Gasteiger partial charge in [-0.2, -0.15) is 0 Å². The molecule has 1 unspecified atom stereocenters. The lowest BCUT2D eigenvalue weighted by molar-refractivity contribution is 0.0532. The van der Waals surface area contributed by atoms with Crippen molar-refractivity contribution in [3.8, 4) is 0 Å². The lowest BCUT2D eigenvalue weighted by atomic mass is 10.1. The normalized spacial score (nSPS) is 16.4. The van der Waals surface area contributed by atoms with E-state index in [0.29, 0.717) is 11.5 Å². The first-order chi connectivity index (χ1) is 12.2. The van der Waals surface area contributed by atoms with Crippen molar-refractivity contribution in [1.82, 2.24) is 0 Å². The topological polar surface area (TPSA) is 38.7 Å². The molecule has 3 nitrogen and oxygen atoms in total. The molecule has 126 valence electrons. The first-order valence-corrected chi connectivity index (χ1v) is 9.91. The zero-order chi connectivity index (χ0) is 17.4. The summed E-state index contributed by atoms with van der Waals surface area (Å²) in [6.07, 6.45) is 0. The second-order valence-corrected chi connectivity index (χ2v) is 8.21. The summed E-state index contributed by atoms with van der Waals surface area (Å²) in [5.41, 5.74) is 3.23. The minimum atomic E-state index is -0.250. The highest BCUT2D eigenvalue weighted by molar-refractivity contribution is 8.01. The Morgan fingerprint density at radius 1 is 1.20 bits per heavy atom. The van der Waals surface area contributed by atoms with Crippen molar-refractivity contribution in [3.63, 3.8) is 0 Å². The number of esters is 1. The van der Waals surface area contributed by atoms with Crippen molar-refractivity contribution in [3.05, 3.63) is 59.0 Å². The number of hydrogen-bond acceptors (Lipinski definition) is 5. The average molecular weight is 367 g/mol. The SMILES string of the molecule is CCOC(=O)c1cc2c3c(ccc2s1)N=C(c1ccccc1)C(C)S3. The maximum Gasteiger partial charge on any atom is 0.348 e. The Labute approximate surface area is 154 Å². The van der Waals surface area contributed by atoms with Crippen LogP contribution in [0.25, 0.3) is 10.1 Å². The maximum absolute atomic E-state index is 12.0. The maximum atomic E-state index is 12.0. The molecular formula is C20H17NO2S2. The Morgan fingerprint density at radius 3 is 2.76 bits per heavy atom. The van der Waals surface area contributed by atoms with Gasteiger partial charge in [-0.25, -0.2) is 4.79 Å². The number of ether oxygens (including phenoxy) is 1. The molecule has 2 heterocycles. The van der Waals surface area contributed by atoms with Gasteiger partial charge in [0.1, 0.15) is 4.88 Å². The molecule has 0 amide bonds. The van der Waals surface area contributed by atoms with Crippen LogP contribution in [0.1, 0.15) is 29.1 Å². The van der Waals surface area contributed by atoms with Crippen LogP contribution in [0.15, 0.2) is 58.4 Å². The van der Waals surface area contributed by atoms with E-state index in [4.69, 9.17) is 9.73 Å². The van der Waals surface area contributed by atoms with E-state index in [1.54, 1.807) is 11.8 Å². The van der Waals surface area contributed by atoms with Crippen molar-refractivity contribution in [1.29, 1.82) is 0 Å². The number of fused-ring (bicyclic) bond motifs is 3. The summed E-state index contributed by atoms with van der Waals surface area (Å²) >= 11 is 3.29. The third kappa shape index (κ3) is 2.98. The van der Waals surface area contributed by atoms with E-state index < -0.39 is 0 Å². The number of carbonyl (C=O) groups is 1. The van der Waals surface area contributed by atoms with Crippen LogP contribution in [-0.4, -0.2) is 23.5 Å². The Morgan fingerprint density at radius 2 is 2.00 bits per heavy atom. The predicted octanol–water partition coefficient (Wildman–Crippen LogP) is 5.69. The molecule has 0 fully saturated rings. The van der Waals surface area contributed by atoms with E-state index in [1.807, 2.05) is 43.3 Å². The number of thiophene rings is 1. The van der Waals surface area contributed by atoms with Crippen LogP contribution >= 0.6 is 23.1 Å². The molecule has 2 aromatic carbocycles. The first kappa shape index (κ1) is 16.4.